The molecule has 3 rings (SSSR count). The van der Waals surface area contributed by atoms with Crippen LogP contribution in [-0.4, -0.2) is 11.9 Å². The van der Waals surface area contributed by atoms with Crippen LogP contribution in [0.3, 0.4) is 0 Å². The third kappa shape index (κ3) is 1.45. The van der Waals surface area contributed by atoms with Crippen molar-refractivity contribution >= 4 is 0 Å². The zero-order chi connectivity index (χ0) is 12.0. The second kappa shape index (κ2) is 3.63. The summed E-state index contributed by atoms with van der Waals surface area (Å²) >= 11 is 0. The van der Waals surface area contributed by atoms with E-state index in [1.54, 1.807) is 5.57 Å². The molecule has 0 spiro atoms. The van der Waals surface area contributed by atoms with Crippen LogP contribution in [0.5, 0.6) is 0 Å². The first kappa shape index (κ1) is 10.9. The average Bonchev–Trinajstić information content (AvgIpc) is 2.37. The van der Waals surface area contributed by atoms with Gasteiger partial charge in [-0.2, -0.15) is 0 Å². The third-order valence-electron chi connectivity index (χ3n) is 4.68. The van der Waals surface area contributed by atoms with Crippen LogP contribution in [0.25, 0.3) is 0 Å². The lowest BCUT2D eigenvalue weighted by molar-refractivity contribution is 0.218. The number of nitrogens with zero attached hydrogens (tertiary/aromatic N) is 1. The molecule has 2 aliphatic carbocycles. The van der Waals surface area contributed by atoms with Crippen molar-refractivity contribution in [1.82, 2.24) is 4.90 Å². The first-order valence-electron chi connectivity index (χ1n) is 6.63. The molecule has 1 nitrogen and oxygen atoms in total. The molecule has 1 heteroatoms. The van der Waals surface area contributed by atoms with E-state index in [4.69, 9.17) is 0 Å². The lowest BCUT2D eigenvalue weighted by Gasteiger charge is -2.49. The summed E-state index contributed by atoms with van der Waals surface area (Å²) in [6.45, 7) is 4.85. The Morgan fingerprint density at radius 1 is 1.29 bits per heavy atom. The van der Waals surface area contributed by atoms with Gasteiger partial charge >= 0.3 is 0 Å². The molecule has 0 radical (unpaired) electrons. The van der Waals surface area contributed by atoms with Gasteiger partial charge in [0.2, 0.25) is 0 Å². The second-order valence-corrected chi connectivity index (χ2v) is 5.89. The molecule has 0 N–H and O–H groups in total. The number of hydrogen-bond donors (Lipinski definition) is 0. The number of rotatable bonds is 0. The maximum atomic E-state index is 2.42. The third-order valence-corrected chi connectivity index (χ3v) is 4.68. The summed E-state index contributed by atoms with van der Waals surface area (Å²) in [5.74, 6) is 0.655. The van der Waals surface area contributed by atoms with Crippen LogP contribution >= 0.6 is 0 Å². The van der Waals surface area contributed by atoms with Crippen LogP contribution in [0, 0.1) is 11.3 Å². The molecule has 3 aliphatic rings. The van der Waals surface area contributed by atoms with Crippen LogP contribution in [0.15, 0.2) is 47.3 Å². The van der Waals surface area contributed by atoms with Gasteiger partial charge in [0.25, 0.3) is 0 Å². The van der Waals surface area contributed by atoms with Gasteiger partial charge in [0.1, 0.15) is 0 Å². The standard InChI is InChI=1S/C16H21N/c1-16(2)12-8-4-6-10-14(12)17(3)15-11-7-5-9-13(15)16/h4,6-7,10-12H,5,8-9H2,1-3H3. The Kier molecular flexibility index (Phi) is 2.32. The van der Waals surface area contributed by atoms with Crippen molar-refractivity contribution < 1.29 is 0 Å². The number of hydrogen-bond acceptors (Lipinski definition) is 1. The van der Waals surface area contributed by atoms with Crippen molar-refractivity contribution in [3.8, 4) is 0 Å². The highest BCUT2D eigenvalue weighted by Gasteiger charge is 2.42. The Labute approximate surface area is 104 Å². The Balaban J connectivity index is 2.16. The summed E-state index contributed by atoms with van der Waals surface area (Å²) in [5, 5.41) is 0. The second-order valence-electron chi connectivity index (χ2n) is 5.89. The van der Waals surface area contributed by atoms with Crippen LogP contribution in [0.2, 0.25) is 0 Å². The van der Waals surface area contributed by atoms with E-state index >= 15 is 0 Å². The Bertz CT molecular complexity index is 460. The minimum atomic E-state index is 0.309. The van der Waals surface area contributed by atoms with Crippen LogP contribution in [0.1, 0.15) is 33.1 Å². The molecule has 1 atom stereocenters. The Morgan fingerprint density at radius 2 is 2.12 bits per heavy atom. The van der Waals surface area contributed by atoms with Crippen molar-refractivity contribution in [1.29, 1.82) is 0 Å². The fourth-order valence-electron chi connectivity index (χ4n) is 3.60. The topological polar surface area (TPSA) is 3.24 Å². The van der Waals surface area contributed by atoms with Crippen LogP contribution in [-0.2, 0) is 0 Å². The monoisotopic (exact) mass is 227 g/mol. The van der Waals surface area contributed by atoms with E-state index in [0.29, 0.717) is 11.3 Å². The Morgan fingerprint density at radius 3 is 2.94 bits per heavy atom. The summed E-state index contributed by atoms with van der Waals surface area (Å²) in [7, 11) is 2.22. The number of likely N-dealkylation sites (N-methyl/N-ethyl adjacent to an activating group) is 1. The van der Waals surface area contributed by atoms with Gasteiger partial charge in [-0.3, -0.25) is 0 Å². The molecule has 17 heavy (non-hydrogen) atoms. The van der Waals surface area contributed by atoms with Crippen LogP contribution in [0.4, 0.5) is 0 Å². The lowest BCUT2D eigenvalue weighted by atomic mass is 9.64. The van der Waals surface area contributed by atoms with Crippen molar-refractivity contribution in [2.24, 2.45) is 11.3 Å². The van der Waals surface area contributed by atoms with E-state index in [-0.39, 0.29) is 0 Å². The molecular weight excluding hydrogens is 206 g/mol. The van der Waals surface area contributed by atoms with Crippen molar-refractivity contribution in [2.45, 2.75) is 33.1 Å². The molecule has 1 unspecified atom stereocenters. The minimum absolute atomic E-state index is 0.309. The molecule has 0 amide bonds. The van der Waals surface area contributed by atoms with Crippen LogP contribution < -0.4 is 0 Å². The molecule has 0 aromatic rings. The normalized spacial score (nSPS) is 29.9. The largest absolute Gasteiger partial charge is 0.348 e. The first-order valence-corrected chi connectivity index (χ1v) is 6.63. The molecule has 1 aliphatic heterocycles. The molecule has 0 saturated heterocycles. The van der Waals surface area contributed by atoms with Gasteiger partial charge in [-0.1, -0.05) is 32.1 Å². The Hall–Kier alpha value is -1.24. The van der Waals surface area contributed by atoms with E-state index in [1.807, 2.05) is 0 Å². The highest BCUT2D eigenvalue weighted by Crippen LogP contribution is 2.52. The fourth-order valence-corrected chi connectivity index (χ4v) is 3.60. The summed E-state index contributed by atoms with van der Waals surface area (Å²) < 4.78 is 0. The number of fused-ring (bicyclic) bond motifs is 1. The van der Waals surface area contributed by atoms with E-state index in [9.17, 15) is 0 Å². The van der Waals surface area contributed by atoms with Gasteiger partial charge in [-0.05, 0) is 42.4 Å². The highest BCUT2D eigenvalue weighted by molar-refractivity contribution is 5.42. The molecule has 0 aromatic heterocycles. The molecule has 1 heterocycles. The molecule has 0 aromatic carbocycles. The van der Waals surface area contributed by atoms with Crippen molar-refractivity contribution in [2.75, 3.05) is 7.05 Å². The predicted octanol–water partition coefficient (Wildman–Crippen LogP) is 4.02. The first-order chi connectivity index (χ1) is 8.12. The summed E-state index contributed by atoms with van der Waals surface area (Å²) in [4.78, 5) is 2.41. The van der Waals surface area contributed by atoms with Gasteiger partial charge < -0.3 is 4.90 Å². The quantitative estimate of drug-likeness (QED) is 0.604. The SMILES string of the molecule is CN1C2=CC=CCC2C(C)(C)C2=C1C=CCC2. The van der Waals surface area contributed by atoms with E-state index < -0.39 is 0 Å². The van der Waals surface area contributed by atoms with Gasteiger partial charge in [-0.15, -0.1) is 0 Å². The maximum absolute atomic E-state index is 2.42. The smallest absolute Gasteiger partial charge is 0.0400 e. The molecule has 0 fully saturated rings. The van der Waals surface area contributed by atoms with Gasteiger partial charge in [-0.25, -0.2) is 0 Å². The lowest BCUT2D eigenvalue weighted by Crippen LogP contribution is -2.41. The molecule has 0 bridgehead atoms. The number of allylic oxidation sites excluding steroid dienone is 7. The zero-order valence-corrected chi connectivity index (χ0v) is 11.0. The van der Waals surface area contributed by atoms with Gasteiger partial charge in [0, 0.05) is 24.4 Å². The van der Waals surface area contributed by atoms with Crippen molar-refractivity contribution in [3.05, 3.63) is 47.3 Å². The minimum Gasteiger partial charge on any atom is -0.348 e. The fraction of sp³-hybridized carbons (Fsp3) is 0.500. The summed E-state index contributed by atoms with van der Waals surface area (Å²) in [6, 6.07) is 0. The molecule has 0 saturated carbocycles. The summed E-state index contributed by atoms with van der Waals surface area (Å²) in [6.07, 6.45) is 15.1. The zero-order valence-electron chi connectivity index (χ0n) is 11.0. The molecule has 90 valence electrons. The average molecular weight is 227 g/mol. The van der Waals surface area contributed by atoms with Gasteiger partial charge in [0.15, 0.2) is 0 Å². The van der Waals surface area contributed by atoms with E-state index in [2.05, 4.69) is 56.2 Å². The highest BCUT2D eigenvalue weighted by atomic mass is 15.1. The summed E-state index contributed by atoms with van der Waals surface area (Å²) in [5.41, 5.74) is 4.89. The molecular formula is C16H21N. The maximum Gasteiger partial charge on any atom is 0.0400 e. The van der Waals surface area contributed by atoms with E-state index in [0.717, 1.165) is 0 Å². The van der Waals surface area contributed by atoms with E-state index in [1.165, 1.54) is 30.7 Å². The van der Waals surface area contributed by atoms with Crippen molar-refractivity contribution in [3.63, 3.8) is 0 Å². The predicted molar refractivity (Wildman–Crippen MR) is 72.3 cm³/mol. The van der Waals surface area contributed by atoms with Gasteiger partial charge in [0.05, 0.1) is 0 Å².